The monoisotopic (exact) mass is 258 g/mol. The number of aromatic hydroxyl groups is 2. The topological polar surface area (TPSA) is 69.9 Å². The van der Waals surface area contributed by atoms with Crippen LogP contribution in [0.5, 0.6) is 17.2 Å². The van der Waals surface area contributed by atoms with Crippen LogP contribution in [-0.4, -0.2) is 21.4 Å². The van der Waals surface area contributed by atoms with Gasteiger partial charge in [-0.25, -0.2) is 0 Å². The highest BCUT2D eigenvalue weighted by Gasteiger charge is 2.31. The first-order chi connectivity index (χ1) is 9.16. The van der Waals surface area contributed by atoms with Crippen LogP contribution in [0.4, 0.5) is 0 Å². The molecule has 2 unspecified atom stereocenters. The highest BCUT2D eigenvalue weighted by molar-refractivity contribution is 5.47. The molecule has 0 spiro atoms. The molecule has 1 heterocycles. The van der Waals surface area contributed by atoms with Gasteiger partial charge < -0.3 is 20.1 Å². The van der Waals surface area contributed by atoms with E-state index in [0.717, 1.165) is 5.56 Å². The predicted octanol–water partition coefficient (Wildman–Crippen LogP) is 2.13. The van der Waals surface area contributed by atoms with Gasteiger partial charge in [0.15, 0.2) is 17.6 Å². The zero-order chi connectivity index (χ0) is 13.4. The summed E-state index contributed by atoms with van der Waals surface area (Å²) in [5, 5.41) is 29.6. The first-order valence-electron chi connectivity index (χ1n) is 6.10. The summed E-state index contributed by atoms with van der Waals surface area (Å²) in [6.45, 7) is 0. The van der Waals surface area contributed by atoms with E-state index in [0.29, 0.717) is 17.7 Å². The Bertz CT molecular complexity index is 609. The summed E-state index contributed by atoms with van der Waals surface area (Å²) in [7, 11) is 0. The second-order valence-electron chi connectivity index (χ2n) is 4.63. The van der Waals surface area contributed by atoms with Crippen molar-refractivity contribution in [3.05, 3.63) is 53.6 Å². The second kappa shape index (κ2) is 4.48. The second-order valence-corrected chi connectivity index (χ2v) is 4.63. The van der Waals surface area contributed by atoms with Crippen LogP contribution in [0, 0.1) is 0 Å². The molecule has 1 aliphatic rings. The van der Waals surface area contributed by atoms with Crippen LogP contribution in [0.2, 0.25) is 0 Å². The third kappa shape index (κ3) is 2.00. The van der Waals surface area contributed by atoms with E-state index in [1.54, 1.807) is 12.1 Å². The van der Waals surface area contributed by atoms with Crippen LogP contribution in [0.1, 0.15) is 17.2 Å². The minimum absolute atomic E-state index is 0.216. The minimum atomic E-state index is -0.761. The smallest absolute Gasteiger partial charge is 0.164 e. The molecule has 4 heteroatoms. The molecule has 0 bridgehead atoms. The normalized spacial score (nSPS) is 21.5. The van der Waals surface area contributed by atoms with Crippen molar-refractivity contribution >= 4 is 0 Å². The van der Waals surface area contributed by atoms with E-state index in [1.165, 1.54) is 6.07 Å². The number of phenols is 2. The van der Waals surface area contributed by atoms with Gasteiger partial charge in [0.1, 0.15) is 5.75 Å². The number of hydrogen-bond donors (Lipinski definition) is 3. The molecule has 0 amide bonds. The van der Waals surface area contributed by atoms with Crippen LogP contribution in [0.25, 0.3) is 0 Å². The van der Waals surface area contributed by atoms with Crippen molar-refractivity contribution in [3.8, 4) is 17.2 Å². The first kappa shape index (κ1) is 11.9. The predicted molar refractivity (Wildman–Crippen MR) is 69.3 cm³/mol. The molecule has 19 heavy (non-hydrogen) atoms. The molecule has 3 rings (SSSR count). The fraction of sp³-hybridized carbons (Fsp3) is 0.200. The summed E-state index contributed by atoms with van der Waals surface area (Å²) >= 11 is 0. The maximum absolute atomic E-state index is 10.2. The Balaban J connectivity index is 2.01. The van der Waals surface area contributed by atoms with Gasteiger partial charge in [-0.15, -0.1) is 0 Å². The van der Waals surface area contributed by atoms with Crippen molar-refractivity contribution in [2.75, 3.05) is 0 Å². The summed E-state index contributed by atoms with van der Waals surface area (Å²) in [6, 6.07) is 12.1. The molecule has 2 aromatic rings. The largest absolute Gasteiger partial charge is 0.504 e. The summed E-state index contributed by atoms with van der Waals surface area (Å²) < 4.78 is 5.74. The molecule has 1 aliphatic heterocycles. The van der Waals surface area contributed by atoms with Crippen molar-refractivity contribution in [1.29, 1.82) is 0 Å². The van der Waals surface area contributed by atoms with E-state index < -0.39 is 12.2 Å². The van der Waals surface area contributed by atoms with Crippen LogP contribution in [-0.2, 0) is 6.42 Å². The zero-order valence-corrected chi connectivity index (χ0v) is 10.2. The van der Waals surface area contributed by atoms with Gasteiger partial charge in [-0.3, -0.25) is 0 Å². The molecule has 0 aliphatic carbocycles. The Hall–Kier alpha value is -2.20. The Kier molecular flexibility index (Phi) is 2.80. The highest BCUT2D eigenvalue weighted by Crippen LogP contribution is 2.40. The number of aliphatic hydroxyl groups excluding tert-OH is 1. The number of aliphatic hydroxyl groups is 1. The summed E-state index contributed by atoms with van der Waals surface area (Å²) in [6.07, 6.45) is -0.986. The van der Waals surface area contributed by atoms with Gasteiger partial charge in [0, 0.05) is 12.0 Å². The fourth-order valence-corrected chi connectivity index (χ4v) is 2.38. The molecule has 4 nitrogen and oxygen atoms in total. The Morgan fingerprint density at radius 2 is 1.79 bits per heavy atom. The maximum Gasteiger partial charge on any atom is 0.164 e. The number of rotatable bonds is 1. The average molecular weight is 258 g/mol. The summed E-state index contributed by atoms with van der Waals surface area (Å²) in [5.74, 6) is 0.235. The van der Waals surface area contributed by atoms with E-state index in [1.807, 2.05) is 24.3 Å². The molecule has 0 saturated carbocycles. The number of hydrogen-bond acceptors (Lipinski definition) is 4. The van der Waals surface area contributed by atoms with Crippen molar-refractivity contribution < 1.29 is 20.1 Å². The summed E-state index contributed by atoms with van der Waals surface area (Å²) in [4.78, 5) is 0. The molecule has 2 atom stereocenters. The SMILES string of the molecule is Oc1cccc(C2Oc3ccccc3CC2O)c1O. The zero-order valence-electron chi connectivity index (χ0n) is 10.2. The number of fused-ring (bicyclic) bond motifs is 1. The van der Waals surface area contributed by atoms with Gasteiger partial charge in [0.05, 0.1) is 6.10 Å². The van der Waals surface area contributed by atoms with Crippen LogP contribution >= 0.6 is 0 Å². The summed E-state index contributed by atoms with van der Waals surface area (Å²) in [5.41, 5.74) is 1.33. The third-order valence-electron chi connectivity index (χ3n) is 3.36. The van der Waals surface area contributed by atoms with Crippen LogP contribution < -0.4 is 4.74 Å². The van der Waals surface area contributed by atoms with E-state index in [2.05, 4.69) is 0 Å². The van der Waals surface area contributed by atoms with Crippen molar-refractivity contribution in [1.82, 2.24) is 0 Å². The van der Waals surface area contributed by atoms with Crippen molar-refractivity contribution in [3.63, 3.8) is 0 Å². The van der Waals surface area contributed by atoms with Crippen LogP contribution in [0.15, 0.2) is 42.5 Å². The molecule has 2 aromatic carbocycles. The van der Waals surface area contributed by atoms with Gasteiger partial charge in [0.2, 0.25) is 0 Å². The lowest BCUT2D eigenvalue weighted by Gasteiger charge is -2.31. The molecule has 0 aromatic heterocycles. The van der Waals surface area contributed by atoms with Crippen molar-refractivity contribution in [2.45, 2.75) is 18.6 Å². The number of para-hydroxylation sites is 2. The lowest BCUT2D eigenvalue weighted by atomic mass is 9.94. The highest BCUT2D eigenvalue weighted by atomic mass is 16.5. The van der Waals surface area contributed by atoms with E-state index >= 15 is 0 Å². The van der Waals surface area contributed by atoms with Crippen molar-refractivity contribution in [2.24, 2.45) is 0 Å². The van der Waals surface area contributed by atoms with Gasteiger partial charge >= 0.3 is 0 Å². The quantitative estimate of drug-likeness (QED) is 0.685. The van der Waals surface area contributed by atoms with E-state index in [4.69, 9.17) is 4.74 Å². The lowest BCUT2D eigenvalue weighted by Crippen LogP contribution is -2.30. The molecule has 98 valence electrons. The molecule has 0 saturated heterocycles. The fourth-order valence-electron chi connectivity index (χ4n) is 2.38. The average Bonchev–Trinajstić information content (AvgIpc) is 2.41. The molecule has 0 radical (unpaired) electrons. The molecular formula is C15H14O4. The minimum Gasteiger partial charge on any atom is -0.504 e. The van der Waals surface area contributed by atoms with E-state index in [9.17, 15) is 15.3 Å². The first-order valence-corrected chi connectivity index (χ1v) is 6.10. The third-order valence-corrected chi connectivity index (χ3v) is 3.36. The maximum atomic E-state index is 10.2. The standard InChI is InChI=1S/C15H14O4/c16-11-6-3-5-10(14(11)18)15-12(17)8-9-4-1-2-7-13(9)19-15/h1-7,12,15-18H,8H2. The molecular weight excluding hydrogens is 244 g/mol. The lowest BCUT2D eigenvalue weighted by molar-refractivity contribution is 0.0194. The molecule has 0 fully saturated rings. The van der Waals surface area contributed by atoms with Gasteiger partial charge in [-0.05, 0) is 17.7 Å². The Morgan fingerprint density at radius 3 is 2.63 bits per heavy atom. The number of ether oxygens (including phenoxy) is 1. The Labute approximate surface area is 110 Å². The van der Waals surface area contributed by atoms with Gasteiger partial charge in [0.25, 0.3) is 0 Å². The molecule has 3 N–H and O–H groups in total. The number of benzene rings is 2. The van der Waals surface area contributed by atoms with Gasteiger partial charge in [-0.2, -0.15) is 0 Å². The Morgan fingerprint density at radius 1 is 1.00 bits per heavy atom. The van der Waals surface area contributed by atoms with Crippen LogP contribution in [0.3, 0.4) is 0 Å². The number of phenolic OH excluding ortho intramolecular Hbond substituents is 2. The van der Waals surface area contributed by atoms with E-state index in [-0.39, 0.29) is 11.5 Å². The van der Waals surface area contributed by atoms with Gasteiger partial charge in [-0.1, -0.05) is 30.3 Å².